The lowest BCUT2D eigenvalue weighted by Crippen LogP contribution is -2.03. The Kier molecular flexibility index (Phi) is 2.68. The summed E-state index contributed by atoms with van der Waals surface area (Å²) in [4.78, 5) is 14.2. The first-order valence-corrected chi connectivity index (χ1v) is 5.91. The van der Waals surface area contributed by atoms with Gasteiger partial charge in [0.25, 0.3) is 0 Å². The van der Waals surface area contributed by atoms with Crippen molar-refractivity contribution >= 4 is 22.6 Å². The highest BCUT2D eigenvalue weighted by Gasteiger charge is 2.14. The Morgan fingerprint density at radius 2 is 2.05 bits per heavy atom. The third-order valence-electron chi connectivity index (χ3n) is 3.06. The fourth-order valence-corrected chi connectivity index (χ4v) is 2.18. The van der Waals surface area contributed by atoms with Gasteiger partial charge in [0.2, 0.25) is 0 Å². The van der Waals surface area contributed by atoms with Gasteiger partial charge in [-0.1, -0.05) is 30.4 Å². The number of carboxylic acids is 1. The summed E-state index contributed by atoms with van der Waals surface area (Å²) in [5, 5.41) is 13.0. The SMILES string of the molecule is O=C(O)c1c[nH]c2c(C3=CC=CC=CN3)cccc12. The van der Waals surface area contributed by atoms with Crippen molar-refractivity contribution in [2.24, 2.45) is 0 Å². The van der Waals surface area contributed by atoms with Gasteiger partial charge >= 0.3 is 5.97 Å². The maximum atomic E-state index is 11.1. The second-order valence-corrected chi connectivity index (χ2v) is 4.20. The zero-order chi connectivity index (χ0) is 13.2. The van der Waals surface area contributed by atoms with Crippen molar-refractivity contribution in [1.29, 1.82) is 0 Å². The second kappa shape index (κ2) is 4.49. The molecule has 0 saturated carbocycles. The van der Waals surface area contributed by atoms with Crippen LogP contribution in [0.4, 0.5) is 0 Å². The van der Waals surface area contributed by atoms with E-state index >= 15 is 0 Å². The van der Waals surface area contributed by atoms with E-state index in [1.165, 1.54) is 6.20 Å². The highest BCUT2D eigenvalue weighted by molar-refractivity contribution is 6.06. The van der Waals surface area contributed by atoms with Crippen LogP contribution in [-0.2, 0) is 0 Å². The first-order valence-electron chi connectivity index (χ1n) is 5.91. The van der Waals surface area contributed by atoms with Gasteiger partial charge < -0.3 is 15.4 Å². The topological polar surface area (TPSA) is 65.1 Å². The number of hydrogen-bond acceptors (Lipinski definition) is 2. The summed E-state index contributed by atoms with van der Waals surface area (Å²) in [6, 6.07) is 5.62. The standard InChI is InChI=1S/C15H12N2O2/c18-15(19)12-9-17-14-10(12)5-4-6-11(14)13-7-2-1-3-8-16-13/h1-9,16-17H,(H,18,19). The second-order valence-electron chi connectivity index (χ2n) is 4.20. The molecule has 4 nitrogen and oxygen atoms in total. The molecule has 3 N–H and O–H groups in total. The molecule has 0 radical (unpaired) electrons. The number of aromatic carboxylic acids is 1. The van der Waals surface area contributed by atoms with Crippen LogP contribution in [0.15, 0.2) is 54.9 Å². The highest BCUT2D eigenvalue weighted by atomic mass is 16.4. The van der Waals surface area contributed by atoms with E-state index in [1.54, 1.807) is 0 Å². The van der Waals surface area contributed by atoms with Gasteiger partial charge in [-0.05, 0) is 12.2 Å². The molecule has 3 rings (SSSR count). The number of aromatic amines is 1. The number of carboxylic acid groups (broad SMARTS) is 1. The Morgan fingerprint density at radius 1 is 1.16 bits per heavy atom. The molecule has 1 aromatic heterocycles. The van der Waals surface area contributed by atoms with Gasteiger partial charge in [-0.25, -0.2) is 4.79 Å². The van der Waals surface area contributed by atoms with Crippen LogP contribution in [-0.4, -0.2) is 16.1 Å². The minimum absolute atomic E-state index is 0.289. The average molecular weight is 252 g/mol. The Bertz CT molecular complexity index is 736. The van der Waals surface area contributed by atoms with Crippen LogP contribution in [0.2, 0.25) is 0 Å². The molecular formula is C15H12N2O2. The lowest BCUT2D eigenvalue weighted by atomic mass is 10.1. The predicted octanol–water partition coefficient (Wildman–Crippen LogP) is 2.88. The van der Waals surface area contributed by atoms with Gasteiger partial charge in [0, 0.05) is 29.0 Å². The van der Waals surface area contributed by atoms with Gasteiger partial charge in [-0.2, -0.15) is 0 Å². The quantitative estimate of drug-likeness (QED) is 0.770. The smallest absolute Gasteiger partial charge is 0.337 e. The number of carbonyl (C=O) groups is 1. The van der Waals surface area contributed by atoms with E-state index in [9.17, 15) is 4.79 Å². The van der Waals surface area contributed by atoms with Crippen molar-refractivity contribution in [2.45, 2.75) is 0 Å². The molecule has 1 aliphatic rings. The molecule has 0 aliphatic carbocycles. The molecule has 1 aromatic carbocycles. The average Bonchev–Trinajstić information content (AvgIpc) is 2.66. The van der Waals surface area contributed by atoms with E-state index in [-0.39, 0.29) is 5.56 Å². The third kappa shape index (κ3) is 1.93. The van der Waals surface area contributed by atoms with Gasteiger partial charge in [0.05, 0.1) is 11.1 Å². The van der Waals surface area contributed by atoms with E-state index in [2.05, 4.69) is 10.3 Å². The lowest BCUT2D eigenvalue weighted by Gasteiger charge is -2.08. The number of benzene rings is 1. The number of H-pyrrole nitrogens is 1. The van der Waals surface area contributed by atoms with Crippen LogP contribution in [0.25, 0.3) is 16.6 Å². The molecular weight excluding hydrogens is 240 g/mol. The lowest BCUT2D eigenvalue weighted by molar-refractivity contribution is 0.0699. The molecule has 19 heavy (non-hydrogen) atoms. The van der Waals surface area contributed by atoms with Crippen molar-refractivity contribution in [1.82, 2.24) is 10.3 Å². The van der Waals surface area contributed by atoms with Crippen molar-refractivity contribution in [3.63, 3.8) is 0 Å². The molecule has 0 atom stereocenters. The van der Waals surface area contributed by atoms with E-state index in [1.807, 2.05) is 48.7 Å². The fourth-order valence-electron chi connectivity index (χ4n) is 2.18. The molecule has 0 spiro atoms. The Hall–Kier alpha value is -2.75. The van der Waals surface area contributed by atoms with Crippen LogP contribution in [0.3, 0.4) is 0 Å². The Morgan fingerprint density at radius 3 is 2.89 bits per heavy atom. The summed E-state index contributed by atoms with van der Waals surface area (Å²) in [6.07, 6.45) is 11.1. The van der Waals surface area contributed by atoms with E-state index in [4.69, 9.17) is 5.11 Å². The zero-order valence-electron chi connectivity index (χ0n) is 10.1. The number of rotatable bonds is 2. The highest BCUT2D eigenvalue weighted by Crippen LogP contribution is 2.26. The van der Waals surface area contributed by atoms with Gasteiger partial charge in [0.15, 0.2) is 0 Å². The molecule has 2 heterocycles. The fraction of sp³-hybridized carbons (Fsp3) is 0. The van der Waals surface area contributed by atoms with Crippen molar-refractivity contribution in [3.8, 4) is 0 Å². The predicted molar refractivity (Wildman–Crippen MR) is 74.7 cm³/mol. The summed E-state index contributed by atoms with van der Waals surface area (Å²) in [5.74, 6) is -0.925. The number of nitrogens with one attached hydrogen (secondary N) is 2. The van der Waals surface area contributed by atoms with Gasteiger partial charge in [-0.3, -0.25) is 0 Å². The summed E-state index contributed by atoms with van der Waals surface area (Å²) in [5.41, 5.74) is 2.98. The van der Waals surface area contributed by atoms with Crippen LogP contribution < -0.4 is 5.32 Å². The van der Waals surface area contributed by atoms with Gasteiger partial charge in [0.1, 0.15) is 0 Å². The molecule has 0 bridgehead atoms. The van der Waals surface area contributed by atoms with Crippen molar-refractivity contribution < 1.29 is 9.90 Å². The molecule has 94 valence electrons. The van der Waals surface area contributed by atoms with E-state index in [0.717, 1.165) is 16.8 Å². The number of fused-ring (bicyclic) bond motifs is 1. The molecule has 0 saturated heterocycles. The monoisotopic (exact) mass is 252 g/mol. The van der Waals surface area contributed by atoms with E-state index < -0.39 is 5.97 Å². The van der Waals surface area contributed by atoms with E-state index in [0.29, 0.717) is 5.39 Å². The van der Waals surface area contributed by atoms with Crippen LogP contribution >= 0.6 is 0 Å². The maximum Gasteiger partial charge on any atom is 0.337 e. The third-order valence-corrected chi connectivity index (χ3v) is 3.06. The summed E-state index contributed by atoms with van der Waals surface area (Å²) >= 11 is 0. The number of para-hydroxylation sites is 1. The summed E-state index contributed by atoms with van der Waals surface area (Å²) in [7, 11) is 0. The number of allylic oxidation sites excluding steroid dienone is 4. The maximum absolute atomic E-state index is 11.1. The number of aromatic nitrogens is 1. The molecule has 2 aromatic rings. The summed E-state index contributed by atoms with van der Waals surface area (Å²) < 4.78 is 0. The van der Waals surface area contributed by atoms with Crippen LogP contribution in [0.5, 0.6) is 0 Å². The first-order chi connectivity index (χ1) is 9.27. The van der Waals surface area contributed by atoms with Crippen molar-refractivity contribution in [3.05, 3.63) is 66.0 Å². The largest absolute Gasteiger partial charge is 0.478 e. The first kappa shape index (κ1) is 11.3. The Balaban J connectivity index is 2.20. The number of hydrogen-bond donors (Lipinski definition) is 3. The molecule has 0 unspecified atom stereocenters. The normalized spacial score (nSPS) is 14.0. The minimum atomic E-state index is -0.925. The van der Waals surface area contributed by atoms with Gasteiger partial charge in [-0.15, -0.1) is 0 Å². The molecule has 0 fully saturated rings. The molecule has 4 heteroatoms. The van der Waals surface area contributed by atoms with Crippen LogP contribution in [0, 0.1) is 0 Å². The Labute approximate surface area is 109 Å². The zero-order valence-corrected chi connectivity index (χ0v) is 10.1. The van der Waals surface area contributed by atoms with Crippen molar-refractivity contribution in [2.75, 3.05) is 0 Å². The molecule has 1 aliphatic heterocycles. The molecule has 0 amide bonds. The minimum Gasteiger partial charge on any atom is -0.478 e. The van der Waals surface area contributed by atoms with Crippen LogP contribution in [0.1, 0.15) is 15.9 Å². The summed E-state index contributed by atoms with van der Waals surface area (Å²) in [6.45, 7) is 0.